The molecule has 0 aromatic carbocycles. The van der Waals surface area contributed by atoms with Crippen molar-refractivity contribution in [1.82, 2.24) is 0 Å². The minimum atomic E-state index is -0.902. The lowest BCUT2D eigenvalue weighted by molar-refractivity contribution is 1.44. The molecule has 0 aromatic rings. The van der Waals surface area contributed by atoms with Crippen molar-refractivity contribution in [3.8, 4) is 0 Å². The maximum absolute atomic E-state index is 2.43. The Hall–Kier alpha value is 1.13. The van der Waals surface area contributed by atoms with E-state index in [1.54, 1.807) is 0 Å². The second-order valence-electron chi connectivity index (χ2n) is 5.03. The van der Waals surface area contributed by atoms with Crippen LogP contribution in [0.15, 0.2) is 0 Å². The molecule has 0 nitrogen and oxygen atoms in total. The maximum Gasteiger partial charge on any atom is 0.109 e. The highest BCUT2D eigenvalue weighted by atomic mass is 32.4. The van der Waals surface area contributed by atoms with E-state index >= 15 is 0 Å². The molecule has 0 aliphatic carbocycles. The summed E-state index contributed by atoms with van der Waals surface area (Å²) in [5.41, 5.74) is 0. The Morgan fingerprint density at radius 3 is 1.17 bits per heavy atom. The van der Waals surface area contributed by atoms with Crippen LogP contribution in [-0.2, 0) is 0 Å². The molecule has 0 amide bonds. The van der Waals surface area contributed by atoms with Crippen LogP contribution >= 0.6 is 22.4 Å². The predicted molar refractivity (Wildman–Crippen MR) is 71.3 cm³/mol. The van der Waals surface area contributed by atoms with Crippen molar-refractivity contribution in [3.63, 3.8) is 0 Å². The Bertz CT molecular complexity index is 119. The molecule has 0 aliphatic heterocycles. The van der Waals surface area contributed by atoms with Crippen LogP contribution in [0, 0.1) is 0 Å². The highest BCUT2D eigenvalue weighted by Gasteiger charge is 2.23. The standard InChI is InChI=1S/C8H22S2Si2/c1-8(9-11(2,3)4)10-12(5,6)7/h8H,1-7H3. The molecular weight excluding hydrogens is 216 g/mol. The van der Waals surface area contributed by atoms with Crippen LogP contribution in [0.3, 0.4) is 0 Å². The monoisotopic (exact) mass is 238 g/mol. The minimum Gasteiger partial charge on any atom is -0.173 e. The lowest BCUT2D eigenvalue weighted by Gasteiger charge is -2.26. The van der Waals surface area contributed by atoms with E-state index in [0.29, 0.717) is 0 Å². The first kappa shape index (κ1) is 13.1. The molecule has 0 bridgehead atoms. The largest absolute Gasteiger partial charge is 0.173 e. The van der Waals surface area contributed by atoms with Gasteiger partial charge in [-0.15, -0.1) is 0 Å². The van der Waals surface area contributed by atoms with Gasteiger partial charge in [0.05, 0.1) is 0 Å². The van der Waals surface area contributed by atoms with E-state index in [9.17, 15) is 0 Å². The molecular formula is C8H22S2Si2. The maximum atomic E-state index is 2.43. The average Bonchev–Trinajstić information content (AvgIpc) is 1.49. The van der Waals surface area contributed by atoms with Crippen LogP contribution in [0.1, 0.15) is 6.92 Å². The first-order valence-electron chi connectivity index (χ1n) is 4.46. The van der Waals surface area contributed by atoms with E-state index in [0.717, 1.165) is 4.58 Å². The molecule has 0 spiro atoms. The zero-order chi connectivity index (χ0) is 9.99. The summed E-state index contributed by atoms with van der Waals surface area (Å²) in [6, 6.07) is 0. The van der Waals surface area contributed by atoms with Crippen LogP contribution < -0.4 is 0 Å². The topological polar surface area (TPSA) is 0 Å². The van der Waals surface area contributed by atoms with Crippen molar-refractivity contribution in [2.75, 3.05) is 0 Å². The van der Waals surface area contributed by atoms with Gasteiger partial charge in [-0.25, -0.2) is 0 Å². The fourth-order valence-corrected chi connectivity index (χ4v) is 16.1. The summed E-state index contributed by atoms with van der Waals surface area (Å²) in [6.45, 7) is 16.9. The van der Waals surface area contributed by atoms with Gasteiger partial charge in [0, 0.05) is 4.58 Å². The van der Waals surface area contributed by atoms with E-state index in [2.05, 4.69) is 68.6 Å². The average molecular weight is 239 g/mol. The molecule has 0 saturated heterocycles. The van der Waals surface area contributed by atoms with Gasteiger partial charge in [-0.2, -0.15) is 22.4 Å². The third-order valence-electron chi connectivity index (χ3n) is 1.04. The Kier molecular flexibility index (Phi) is 5.01. The van der Waals surface area contributed by atoms with Gasteiger partial charge in [-0.05, 0) is 6.92 Å². The van der Waals surface area contributed by atoms with Crippen molar-refractivity contribution < 1.29 is 0 Å². The minimum absolute atomic E-state index is 0.809. The highest BCUT2D eigenvalue weighted by molar-refractivity contribution is 8.42. The SMILES string of the molecule is CC(S[Si](C)(C)C)S[Si](C)(C)C. The van der Waals surface area contributed by atoms with Crippen LogP contribution in [0.2, 0.25) is 39.3 Å². The second kappa shape index (κ2) is 4.57. The van der Waals surface area contributed by atoms with Gasteiger partial charge in [-0.1, -0.05) is 39.3 Å². The third kappa shape index (κ3) is 9.22. The van der Waals surface area contributed by atoms with E-state index in [1.165, 1.54) is 0 Å². The van der Waals surface area contributed by atoms with Crippen molar-refractivity contribution in [3.05, 3.63) is 0 Å². The predicted octanol–water partition coefficient (Wildman–Crippen LogP) is 4.47. The summed E-state index contributed by atoms with van der Waals surface area (Å²) in [6.07, 6.45) is 0. The van der Waals surface area contributed by atoms with Crippen LogP contribution in [0.25, 0.3) is 0 Å². The van der Waals surface area contributed by atoms with Gasteiger partial charge < -0.3 is 0 Å². The normalized spacial score (nSPS) is 14.0. The first-order valence-corrected chi connectivity index (χ1v) is 14.7. The summed E-state index contributed by atoms with van der Waals surface area (Å²) in [7, 11) is -1.80. The Labute approximate surface area is 87.6 Å². The quantitative estimate of drug-likeness (QED) is 0.524. The molecule has 0 heterocycles. The fraction of sp³-hybridized carbons (Fsp3) is 1.00. The summed E-state index contributed by atoms with van der Waals surface area (Å²) in [5.74, 6) is 0. The summed E-state index contributed by atoms with van der Waals surface area (Å²) < 4.78 is 0.809. The number of hydrogen-bond acceptors (Lipinski definition) is 2. The van der Waals surface area contributed by atoms with Crippen LogP contribution in [0.4, 0.5) is 0 Å². The molecule has 0 rings (SSSR count). The molecule has 0 aliphatic rings. The van der Waals surface area contributed by atoms with Gasteiger partial charge in [0.1, 0.15) is 14.4 Å². The summed E-state index contributed by atoms with van der Waals surface area (Å²) in [5, 5.41) is 0. The van der Waals surface area contributed by atoms with Crippen molar-refractivity contribution in [1.29, 1.82) is 0 Å². The zero-order valence-corrected chi connectivity index (χ0v) is 13.0. The van der Waals surface area contributed by atoms with Crippen LogP contribution in [-0.4, -0.2) is 19.0 Å². The molecule has 12 heavy (non-hydrogen) atoms. The number of rotatable bonds is 4. The van der Waals surface area contributed by atoms with Gasteiger partial charge in [0.15, 0.2) is 0 Å². The smallest absolute Gasteiger partial charge is 0.109 e. The van der Waals surface area contributed by atoms with Crippen molar-refractivity contribution in [2.24, 2.45) is 0 Å². The Balaban J connectivity index is 3.83. The Morgan fingerprint density at radius 2 is 1.00 bits per heavy atom. The van der Waals surface area contributed by atoms with Gasteiger partial charge >= 0.3 is 0 Å². The van der Waals surface area contributed by atoms with Gasteiger partial charge in [0.25, 0.3) is 0 Å². The molecule has 0 N–H and O–H groups in total. The zero-order valence-electron chi connectivity index (χ0n) is 9.39. The first-order chi connectivity index (χ1) is 5.10. The second-order valence-corrected chi connectivity index (χ2v) is 24.4. The molecule has 4 heteroatoms. The molecule has 0 radical (unpaired) electrons. The van der Waals surface area contributed by atoms with Gasteiger partial charge in [-0.3, -0.25) is 0 Å². The van der Waals surface area contributed by atoms with E-state index in [-0.39, 0.29) is 0 Å². The molecule has 0 aromatic heterocycles. The molecule has 0 fully saturated rings. The van der Waals surface area contributed by atoms with Gasteiger partial charge in [0.2, 0.25) is 0 Å². The number of hydrogen-bond donors (Lipinski definition) is 0. The molecule has 0 saturated carbocycles. The molecule has 0 unspecified atom stereocenters. The van der Waals surface area contributed by atoms with Crippen molar-refractivity contribution in [2.45, 2.75) is 50.8 Å². The summed E-state index contributed by atoms with van der Waals surface area (Å²) in [4.78, 5) is 0. The lowest BCUT2D eigenvalue weighted by atomic mass is 11.0. The lowest BCUT2D eigenvalue weighted by Crippen LogP contribution is -2.22. The summed E-state index contributed by atoms with van der Waals surface area (Å²) >= 11 is 4.44. The van der Waals surface area contributed by atoms with E-state index in [1.807, 2.05) is 0 Å². The Morgan fingerprint density at radius 1 is 0.750 bits per heavy atom. The van der Waals surface area contributed by atoms with Crippen LogP contribution in [0.5, 0.6) is 0 Å². The fourth-order valence-electron chi connectivity index (χ4n) is 1.02. The third-order valence-corrected chi connectivity index (χ3v) is 11.1. The highest BCUT2D eigenvalue weighted by Crippen LogP contribution is 2.36. The van der Waals surface area contributed by atoms with E-state index in [4.69, 9.17) is 0 Å². The van der Waals surface area contributed by atoms with Crippen molar-refractivity contribution >= 4 is 36.9 Å². The molecule has 0 atom stereocenters. The van der Waals surface area contributed by atoms with E-state index < -0.39 is 14.4 Å². The molecule has 74 valence electrons.